The molecule has 154 valence electrons. The molecule has 2 aromatic rings. The summed E-state index contributed by atoms with van der Waals surface area (Å²) in [5.74, 6) is -3.16. The summed E-state index contributed by atoms with van der Waals surface area (Å²) in [4.78, 5) is 19.1. The summed E-state index contributed by atoms with van der Waals surface area (Å²) >= 11 is 0. The number of hydrogen-bond acceptors (Lipinski definition) is 4. The van der Waals surface area contributed by atoms with Gasteiger partial charge in [0.1, 0.15) is 11.6 Å². The Hall–Kier alpha value is -3.10. The van der Waals surface area contributed by atoms with Crippen LogP contribution in [-0.2, 0) is 20.9 Å². The van der Waals surface area contributed by atoms with E-state index in [0.29, 0.717) is 28.8 Å². The highest BCUT2D eigenvalue weighted by molar-refractivity contribution is 5.89. The number of nitrogens with one attached hydrogen (secondary N) is 1. The molecule has 2 aromatic carbocycles. The molecular formula is C21H21F2NO5. The third-order valence-electron chi connectivity index (χ3n) is 4.09. The lowest BCUT2D eigenvalue weighted by molar-refractivity contribution is -0.134. The molecule has 6 nitrogen and oxygen atoms in total. The van der Waals surface area contributed by atoms with Crippen LogP contribution in [0.2, 0.25) is 0 Å². The number of carboxylic acids is 2. The van der Waals surface area contributed by atoms with Gasteiger partial charge in [0.05, 0.1) is 12.7 Å². The molecule has 0 saturated carbocycles. The Kier molecular flexibility index (Phi) is 8.45. The molecular weight excluding hydrogens is 384 g/mol. The zero-order valence-corrected chi connectivity index (χ0v) is 15.5. The van der Waals surface area contributed by atoms with E-state index in [4.69, 9.17) is 14.9 Å². The van der Waals surface area contributed by atoms with E-state index in [1.54, 1.807) is 24.3 Å². The fourth-order valence-corrected chi connectivity index (χ4v) is 2.74. The smallest absolute Gasteiger partial charge is 0.328 e. The van der Waals surface area contributed by atoms with Crippen molar-refractivity contribution in [1.82, 2.24) is 5.32 Å². The molecule has 1 fully saturated rings. The number of hydrogen-bond donors (Lipinski definition) is 3. The maximum Gasteiger partial charge on any atom is 0.328 e. The monoisotopic (exact) mass is 405 g/mol. The average Bonchev–Trinajstić information content (AvgIpc) is 3.20. The van der Waals surface area contributed by atoms with Crippen molar-refractivity contribution in [1.29, 1.82) is 0 Å². The molecule has 1 atom stereocenters. The lowest BCUT2D eigenvalue weighted by Gasteiger charge is -2.14. The fourth-order valence-electron chi connectivity index (χ4n) is 2.74. The lowest BCUT2D eigenvalue weighted by atomic mass is 9.99. The summed E-state index contributed by atoms with van der Waals surface area (Å²) in [7, 11) is 0. The number of rotatable bonds is 6. The summed E-state index contributed by atoms with van der Waals surface area (Å²) in [5.41, 5.74) is 1.83. The van der Waals surface area contributed by atoms with Crippen molar-refractivity contribution in [3.8, 4) is 11.1 Å². The Morgan fingerprint density at radius 3 is 2.34 bits per heavy atom. The van der Waals surface area contributed by atoms with Crippen LogP contribution in [0.4, 0.5) is 8.78 Å². The third kappa shape index (κ3) is 7.44. The number of carboxylic acid groups (broad SMARTS) is 2. The van der Waals surface area contributed by atoms with Crippen molar-refractivity contribution < 1.29 is 33.3 Å². The van der Waals surface area contributed by atoms with Crippen molar-refractivity contribution >= 4 is 11.9 Å². The number of halogens is 2. The average molecular weight is 405 g/mol. The van der Waals surface area contributed by atoms with E-state index in [1.165, 1.54) is 18.2 Å². The maximum atomic E-state index is 14.0. The normalized spacial score (nSPS) is 15.7. The van der Waals surface area contributed by atoms with Crippen LogP contribution in [0.25, 0.3) is 11.1 Å². The van der Waals surface area contributed by atoms with Gasteiger partial charge in [-0.3, -0.25) is 0 Å². The highest BCUT2D eigenvalue weighted by atomic mass is 19.1. The van der Waals surface area contributed by atoms with Crippen molar-refractivity contribution in [2.45, 2.75) is 19.1 Å². The van der Waals surface area contributed by atoms with Gasteiger partial charge in [-0.2, -0.15) is 0 Å². The van der Waals surface area contributed by atoms with Crippen LogP contribution in [0.1, 0.15) is 12.0 Å². The Morgan fingerprint density at radius 1 is 1.07 bits per heavy atom. The quantitative estimate of drug-likeness (QED) is 0.639. The molecule has 0 spiro atoms. The van der Waals surface area contributed by atoms with Gasteiger partial charge < -0.3 is 20.3 Å². The van der Waals surface area contributed by atoms with Crippen molar-refractivity contribution in [3.63, 3.8) is 0 Å². The molecule has 0 amide bonds. The van der Waals surface area contributed by atoms with Gasteiger partial charge in [-0.05, 0) is 42.3 Å². The van der Waals surface area contributed by atoms with E-state index >= 15 is 0 Å². The zero-order valence-electron chi connectivity index (χ0n) is 15.5. The van der Waals surface area contributed by atoms with Crippen molar-refractivity contribution in [2.24, 2.45) is 0 Å². The van der Waals surface area contributed by atoms with Gasteiger partial charge >= 0.3 is 11.9 Å². The van der Waals surface area contributed by atoms with Crippen LogP contribution in [-0.4, -0.2) is 41.3 Å². The number of ether oxygens (including phenoxy) is 1. The van der Waals surface area contributed by atoms with E-state index in [1.807, 2.05) is 0 Å². The van der Waals surface area contributed by atoms with Crippen LogP contribution < -0.4 is 5.32 Å². The second-order valence-electron chi connectivity index (χ2n) is 6.22. The standard InChI is InChI=1S/C17H17F2NO.C4H4O4/c18-13-5-6-15(16-3-1-2-4-17(16)19)12(9-13)11-21-14-7-8-20-10-14;5-3(6)1-2-4(7)8/h1-6,9,14,20H,7-8,10-11H2;1-2H,(H,5,6)(H,7,8). The predicted molar refractivity (Wildman–Crippen MR) is 102 cm³/mol. The summed E-state index contributed by atoms with van der Waals surface area (Å²) in [6.07, 6.45) is 2.20. The van der Waals surface area contributed by atoms with Gasteiger partial charge in [-0.25, -0.2) is 18.4 Å². The second kappa shape index (κ2) is 11.0. The summed E-state index contributed by atoms with van der Waals surface area (Å²) < 4.78 is 33.2. The van der Waals surface area contributed by atoms with E-state index in [2.05, 4.69) is 5.32 Å². The van der Waals surface area contributed by atoms with E-state index in [0.717, 1.165) is 19.5 Å². The Bertz CT molecular complexity index is 863. The van der Waals surface area contributed by atoms with E-state index < -0.39 is 11.9 Å². The van der Waals surface area contributed by atoms with Gasteiger partial charge in [0, 0.05) is 24.3 Å². The van der Waals surface area contributed by atoms with Crippen LogP contribution in [0.5, 0.6) is 0 Å². The Morgan fingerprint density at radius 2 is 1.76 bits per heavy atom. The van der Waals surface area contributed by atoms with Gasteiger partial charge in [-0.15, -0.1) is 0 Å². The van der Waals surface area contributed by atoms with Crippen LogP contribution in [0.3, 0.4) is 0 Å². The van der Waals surface area contributed by atoms with E-state index in [9.17, 15) is 18.4 Å². The summed E-state index contributed by atoms with van der Waals surface area (Å²) in [6.45, 7) is 2.03. The SMILES string of the molecule is Fc1ccc(-c2ccccc2F)c(COC2CCNC2)c1.O=C(O)C=CC(=O)O. The first-order valence-electron chi connectivity index (χ1n) is 8.86. The molecule has 1 heterocycles. The molecule has 1 aliphatic heterocycles. The minimum absolute atomic E-state index is 0.140. The fraction of sp³-hybridized carbons (Fsp3) is 0.238. The zero-order chi connectivity index (χ0) is 21.2. The topological polar surface area (TPSA) is 95.9 Å². The van der Waals surface area contributed by atoms with Gasteiger partial charge in [0.25, 0.3) is 0 Å². The Labute approximate surface area is 166 Å². The van der Waals surface area contributed by atoms with Crippen LogP contribution in [0.15, 0.2) is 54.6 Å². The van der Waals surface area contributed by atoms with Gasteiger partial charge in [0.15, 0.2) is 0 Å². The summed E-state index contributed by atoms with van der Waals surface area (Å²) in [5, 5.41) is 18.8. The third-order valence-corrected chi connectivity index (χ3v) is 4.09. The Balaban J connectivity index is 0.000000321. The molecule has 0 bridgehead atoms. The molecule has 0 radical (unpaired) electrons. The minimum atomic E-state index is -1.26. The molecule has 29 heavy (non-hydrogen) atoms. The number of aliphatic carboxylic acids is 2. The van der Waals surface area contributed by atoms with Crippen LogP contribution >= 0.6 is 0 Å². The number of benzene rings is 2. The highest BCUT2D eigenvalue weighted by Gasteiger charge is 2.16. The predicted octanol–water partition coefficient (Wildman–Crippen LogP) is 3.22. The molecule has 1 aliphatic rings. The summed E-state index contributed by atoms with van der Waals surface area (Å²) in [6, 6.07) is 10.9. The van der Waals surface area contributed by atoms with E-state index in [-0.39, 0.29) is 24.3 Å². The largest absolute Gasteiger partial charge is 0.478 e. The first kappa shape index (κ1) is 22.2. The lowest BCUT2D eigenvalue weighted by Crippen LogP contribution is -2.16. The van der Waals surface area contributed by atoms with Crippen molar-refractivity contribution in [2.75, 3.05) is 13.1 Å². The minimum Gasteiger partial charge on any atom is -0.478 e. The molecule has 1 unspecified atom stereocenters. The van der Waals surface area contributed by atoms with Crippen LogP contribution in [0, 0.1) is 11.6 Å². The molecule has 3 N–H and O–H groups in total. The molecule has 0 aromatic heterocycles. The van der Waals surface area contributed by atoms with Gasteiger partial charge in [-0.1, -0.05) is 24.3 Å². The molecule has 1 saturated heterocycles. The van der Waals surface area contributed by atoms with Crippen molar-refractivity contribution in [3.05, 3.63) is 71.8 Å². The molecule has 8 heteroatoms. The van der Waals surface area contributed by atoms with Gasteiger partial charge in [0.2, 0.25) is 0 Å². The molecule has 3 rings (SSSR count). The number of carbonyl (C=O) groups is 2. The molecule has 0 aliphatic carbocycles. The first-order chi connectivity index (χ1) is 13.9. The maximum absolute atomic E-state index is 14.0. The first-order valence-corrected chi connectivity index (χ1v) is 8.86. The second-order valence-corrected chi connectivity index (χ2v) is 6.22. The highest BCUT2D eigenvalue weighted by Crippen LogP contribution is 2.28.